The van der Waals surface area contributed by atoms with Gasteiger partial charge in [0, 0.05) is 48.1 Å². The van der Waals surface area contributed by atoms with Gasteiger partial charge in [-0.15, -0.1) is 0 Å². The number of morpholine rings is 1. The lowest BCUT2D eigenvalue weighted by Gasteiger charge is -2.29. The molecule has 206 valence electrons. The van der Waals surface area contributed by atoms with Gasteiger partial charge < -0.3 is 9.47 Å². The fraction of sp³-hybridized carbons (Fsp3) is 0.241. The lowest BCUT2D eigenvalue weighted by atomic mass is 10.0. The van der Waals surface area contributed by atoms with E-state index in [1.54, 1.807) is 12.4 Å². The zero-order chi connectivity index (χ0) is 28.3. The van der Waals surface area contributed by atoms with Gasteiger partial charge in [-0.3, -0.25) is 14.6 Å². The molecule has 4 aromatic rings. The molecule has 0 bridgehead atoms. The average molecular weight is 565 g/mol. The molecule has 1 saturated heterocycles. The van der Waals surface area contributed by atoms with E-state index in [1.165, 1.54) is 13.2 Å². The molecule has 3 heterocycles. The summed E-state index contributed by atoms with van der Waals surface area (Å²) in [5, 5.41) is 0.827. The first kappa shape index (κ1) is 27.5. The van der Waals surface area contributed by atoms with Gasteiger partial charge in [-0.05, 0) is 48.9 Å². The summed E-state index contributed by atoms with van der Waals surface area (Å²) in [7, 11) is -3.07. The van der Waals surface area contributed by atoms with E-state index in [-0.39, 0.29) is 17.6 Å². The highest BCUT2D eigenvalue weighted by Crippen LogP contribution is 2.32. The summed E-state index contributed by atoms with van der Waals surface area (Å²) in [6.07, 6.45) is 3.25. The number of hydrogen-bond donors (Lipinski definition) is 1. The molecule has 0 amide bonds. The summed E-state index contributed by atoms with van der Waals surface area (Å²) in [6.45, 7) is 5.13. The van der Waals surface area contributed by atoms with Crippen molar-refractivity contribution in [2.24, 2.45) is 0 Å². The second-order valence-corrected chi connectivity index (χ2v) is 10.8. The minimum Gasteiger partial charge on any atom is -0.480 e. The number of aromatic nitrogens is 2. The van der Waals surface area contributed by atoms with Crippen molar-refractivity contribution in [2.45, 2.75) is 17.9 Å². The van der Waals surface area contributed by atoms with E-state index >= 15 is 0 Å². The van der Waals surface area contributed by atoms with Gasteiger partial charge in [0.2, 0.25) is 5.88 Å². The van der Waals surface area contributed by atoms with Gasteiger partial charge >= 0.3 is 0 Å². The Morgan fingerprint density at radius 1 is 1.05 bits per heavy atom. The molecule has 40 heavy (non-hydrogen) atoms. The molecule has 8 nitrogen and oxygen atoms in total. The second kappa shape index (κ2) is 11.6. The van der Waals surface area contributed by atoms with Gasteiger partial charge in [0.1, 0.15) is 22.2 Å². The van der Waals surface area contributed by atoms with Crippen LogP contribution in [-0.4, -0.2) is 62.7 Å². The second-order valence-electron chi connectivity index (χ2n) is 9.15. The molecule has 11 heteroatoms. The minimum atomic E-state index is -4.41. The number of nitrogens with zero attached hydrogens (tertiary/aromatic N) is 3. The Hall–Kier alpha value is -4.11. The van der Waals surface area contributed by atoms with Gasteiger partial charge in [0.05, 0.1) is 31.9 Å². The third kappa shape index (κ3) is 5.89. The van der Waals surface area contributed by atoms with E-state index in [1.807, 2.05) is 24.3 Å². The summed E-state index contributed by atoms with van der Waals surface area (Å²) in [5.74, 6) is 4.50. The van der Waals surface area contributed by atoms with E-state index in [9.17, 15) is 17.2 Å². The first-order valence-corrected chi connectivity index (χ1v) is 14.0. The van der Waals surface area contributed by atoms with Crippen molar-refractivity contribution in [1.29, 1.82) is 0 Å². The monoisotopic (exact) mass is 564 g/mol. The average Bonchev–Trinajstić information content (AvgIpc) is 2.95. The van der Waals surface area contributed by atoms with Gasteiger partial charge in [-0.2, -0.15) is 0 Å². The van der Waals surface area contributed by atoms with Crippen LogP contribution in [0.4, 0.5) is 14.5 Å². The largest absolute Gasteiger partial charge is 0.480 e. The molecule has 1 N–H and O–H groups in total. The predicted octanol–water partition coefficient (Wildman–Crippen LogP) is 4.46. The Balaban J connectivity index is 1.49. The lowest BCUT2D eigenvalue weighted by Crippen LogP contribution is -2.41. The molecule has 1 unspecified atom stereocenters. The number of ether oxygens (including phenoxy) is 2. The maximum absolute atomic E-state index is 14.2. The highest BCUT2D eigenvalue weighted by Gasteiger charge is 2.22. The minimum absolute atomic E-state index is 0.00522. The molecular formula is C29H26F2N4O4S. The van der Waals surface area contributed by atoms with Crippen molar-refractivity contribution in [3.05, 3.63) is 78.1 Å². The molecule has 0 spiro atoms. The molecule has 5 rings (SSSR count). The number of nitrogens with one attached hydrogen (secondary N) is 1. The van der Waals surface area contributed by atoms with Crippen molar-refractivity contribution < 1.29 is 26.7 Å². The normalized spacial score (nSPS) is 14.8. The van der Waals surface area contributed by atoms with Crippen LogP contribution < -0.4 is 9.46 Å². The van der Waals surface area contributed by atoms with Gasteiger partial charge in [-0.25, -0.2) is 22.2 Å². The Labute approximate surface area is 231 Å². The summed E-state index contributed by atoms with van der Waals surface area (Å²) < 4.78 is 66.4. The lowest BCUT2D eigenvalue weighted by molar-refractivity contribution is 0.0302. The number of rotatable bonds is 6. The van der Waals surface area contributed by atoms with Crippen molar-refractivity contribution in [2.75, 3.05) is 38.1 Å². The van der Waals surface area contributed by atoms with Gasteiger partial charge in [-0.1, -0.05) is 17.9 Å². The Kier molecular flexibility index (Phi) is 7.93. The summed E-state index contributed by atoms with van der Waals surface area (Å²) in [4.78, 5) is 10.3. The molecular weight excluding hydrogens is 538 g/mol. The van der Waals surface area contributed by atoms with Crippen molar-refractivity contribution >= 4 is 26.6 Å². The molecule has 1 aliphatic rings. The number of halogens is 2. The number of anilines is 1. The summed E-state index contributed by atoms with van der Waals surface area (Å²) in [5.41, 5.74) is 2.86. The first-order chi connectivity index (χ1) is 19.2. The SMILES string of the molecule is COc1ncc(-c2ccc3nccc(C#CC(C)N4CCOCC4)c3c2)cc1NS(=O)(=O)c1ccc(F)cc1F. The number of pyridine rings is 2. The third-order valence-electron chi connectivity index (χ3n) is 6.56. The Bertz CT molecular complexity index is 1730. The number of methoxy groups -OCH3 is 1. The van der Waals surface area contributed by atoms with Crippen LogP contribution in [0.3, 0.4) is 0 Å². The molecule has 0 saturated carbocycles. The number of hydrogen-bond acceptors (Lipinski definition) is 7. The molecule has 0 radical (unpaired) electrons. The third-order valence-corrected chi connectivity index (χ3v) is 7.96. The molecule has 1 atom stereocenters. The van der Waals surface area contributed by atoms with Crippen LogP contribution in [-0.2, 0) is 14.8 Å². The van der Waals surface area contributed by atoms with Crippen molar-refractivity contribution in [3.8, 4) is 28.8 Å². The number of benzene rings is 2. The standard InChI is InChI=1S/C29H26F2N4O4S/c1-19(35-11-13-39-14-12-35)3-4-20-9-10-32-26-7-5-21(15-24(20)26)22-16-27(29(38-2)33-18-22)34-40(36,37)28-8-6-23(30)17-25(28)31/h5-10,15-19,34H,11-14H2,1-2H3. The highest BCUT2D eigenvalue weighted by atomic mass is 32.2. The summed E-state index contributed by atoms with van der Waals surface area (Å²) in [6, 6.07) is 11.3. The zero-order valence-corrected chi connectivity index (χ0v) is 22.6. The van der Waals surface area contributed by atoms with E-state index < -0.39 is 26.6 Å². The van der Waals surface area contributed by atoms with Crippen LogP contribution in [0, 0.1) is 23.5 Å². The maximum atomic E-state index is 14.2. The van der Waals surface area contributed by atoms with Crippen molar-refractivity contribution in [3.63, 3.8) is 0 Å². The van der Waals surface area contributed by atoms with Crippen LogP contribution in [0.2, 0.25) is 0 Å². The predicted molar refractivity (Wildman–Crippen MR) is 147 cm³/mol. The maximum Gasteiger partial charge on any atom is 0.264 e. The fourth-order valence-electron chi connectivity index (χ4n) is 4.41. The van der Waals surface area contributed by atoms with Crippen LogP contribution in [0.1, 0.15) is 12.5 Å². The smallest absolute Gasteiger partial charge is 0.264 e. The van der Waals surface area contributed by atoms with Crippen LogP contribution in [0.25, 0.3) is 22.0 Å². The molecule has 2 aromatic heterocycles. The van der Waals surface area contributed by atoms with E-state index in [0.29, 0.717) is 24.8 Å². The van der Waals surface area contributed by atoms with Gasteiger partial charge in [0.15, 0.2) is 0 Å². The Morgan fingerprint density at radius 2 is 1.85 bits per heavy atom. The fourth-order valence-corrected chi connectivity index (χ4v) is 5.52. The highest BCUT2D eigenvalue weighted by molar-refractivity contribution is 7.92. The first-order valence-electron chi connectivity index (χ1n) is 12.5. The van der Waals surface area contributed by atoms with Crippen LogP contribution in [0.5, 0.6) is 5.88 Å². The quantitative estimate of drug-likeness (QED) is 0.346. The summed E-state index contributed by atoms with van der Waals surface area (Å²) >= 11 is 0. The zero-order valence-electron chi connectivity index (χ0n) is 21.8. The number of sulfonamides is 1. The van der Waals surface area contributed by atoms with E-state index in [2.05, 4.69) is 38.4 Å². The molecule has 1 aliphatic heterocycles. The molecule has 0 aliphatic carbocycles. The Morgan fingerprint density at radius 3 is 2.60 bits per heavy atom. The van der Waals surface area contributed by atoms with E-state index in [4.69, 9.17) is 9.47 Å². The van der Waals surface area contributed by atoms with Crippen LogP contribution in [0.15, 0.2) is 65.8 Å². The molecule has 2 aromatic carbocycles. The van der Waals surface area contributed by atoms with Gasteiger partial charge in [0.25, 0.3) is 10.0 Å². The number of fused-ring (bicyclic) bond motifs is 1. The van der Waals surface area contributed by atoms with Crippen LogP contribution >= 0.6 is 0 Å². The van der Waals surface area contributed by atoms with E-state index in [0.717, 1.165) is 47.3 Å². The van der Waals surface area contributed by atoms with Crippen molar-refractivity contribution in [1.82, 2.24) is 14.9 Å². The topological polar surface area (TPSA) is 93.7 Å². The molecule has 1 fully saturated rings.